The van der Waals surface area contributed by atoms with E-state index in [2.05, 4.69) is 34.7 Å². The zero-order chi connectivity index (χ0) is 17.2. The van der Waals surface area contributed by atoms with Crippen LogP contribution in [0.5, 0.6) is 0 Å². The fraction of sp³-hybridized carbons (Fsp3) is 0.250. The number of hydrogen-bond acceptors (Lipinski definition) is 2. The van der Waals surface area contributed by atoms with Crippen molar-refractivity contribution in [1.29, 1.82) is 0 Å². The Balaban J connectivity index is 1.87. The molecule has 0 aliphatic carbocycles. The van der Waals surface area contributed by atoms with Gasteiger partial charge in [-0.05, 0) is 29.8 Å². The molecule has 0 saturated carbocycles. The van der Waals surface area contributed by atoms with Gasteiger partial charge in [-0.15, -0.1) is 6.58 Å². The van der Waals surface area contributed by atoms with E-state index in [1.807, 2.05) is 48.5 Å². The third kappa shape index (κ3) is 3.30. The van der Waals surface area contributed by atoms with Gasteiger partial charge in [0.2, 0.25) is 0 Å². The molecule has 1 aliphatic rings. The molecular formula is C20H20BrNO2. The molecule has 3 atom stereocenters. The summed E-state index contributed by atoms with van der Waals surface area (Å²) in [4.78, 5) is 12.7. The van der Waals surface area contributed by atoms with Crippen molar-refractivity contribution in [3.05, 3.63) is 82.9 Å². The van der Waals surface area contributed by atoms with Crippen molar-refractivity contribution in [2.24, 2.45) is 5.41 Å². The number of benzene rings is 2. The summed E-state index contributed by atoms with van der Waals surface area (Å²) in [7, 11) is 0. The van der Waals surface area contributed by atoms with Gasteiger partial charge in [0.1, 0.15) is 6.10 Å². The maximum absolute atomic E-state index is 12.7. The Morgan fingerprint density at radius 3 is 2.54 bits per heavy atom. The third-order valence-corrected chi connectivity index (χ3v) is 5.10. The predicted octanol–water partition coefficient (Wildman–Crippen LogP) is 4.51. The Morgan fingerprint density at radius 1 is 1.25 bits per heavy atom. The number of nitrogens with one attached hydrogen (secondary N) is 1. The quantitative estimate of drug-likeness (QED) is 0.786. The molecule has 1 aliphatic heterocycles. The first kappa shape index (κ1) is 16.9. The van der Waals surface area contributed by atoms with Gasteiger partial charge in [-0.1, -0.05) is 59.3 Å². The van der Waals surface area contributed by atoms with E-state index < -0.39 is 0 Å². The van der Waals surface area contributed by atoms with Crippen molar-refractivity contribution in [2.75, 3.05) is 6.61 Å². The molecule has 0 radical (unpaired) electrons. The van der Waals surface area contributed by atoms with Gasteiger partial charge < -0.3 is 10.1 Å². The summed E-state index contributed by atoms with van der Waals surface area (Å²) < 4.78 is 6.97. The van der Waals surface area contributed by atoms with Crippen LogP contribution in [0.2, 0.25) is 0 Å². The van der Waals surface area contributed by atoms with Crippen LogP contribution < -0.4 is 5.32 Å². The fourth-order valence-electron chi connectivity index (χ4n) is 2.98. The number of rotatable bonds is 4. The van der Waals surface area contributed by atoms with Crippen molar-refractivity contribution in [3.63, 3.8) is 0 Å². The van der Waals surface area contributed by atoms with E-state index in [4.69, 9.17) is 4.74 Å². The Morgan fingerprint density at radius 2 is 1.92 bits per heavy atom. The van der Waals surface area contributed by atoms with Crippen LogP contribution in [0.25, 0.3) is 0 Å². The lowest BCUT2D eigenvalue weighted by molar-refractivity contribution is 0.0821. The number of carbonyl (C=O) groups is 1. The van der Waals surface area contributed by atoms with Gasteiger partial charge >= 0.3 is 0 Å². The van der Waals surface area contributed by atoms with Crippen molar-refractivity contribution in [2.45, 2.75) is 19.1 Å². The fourth-order valence-corrected chi connectivity index (χ4v) is 3.25. The highest BCUT2D eigenvalue weighted by molar-refractivity contribution is 9.10. The molecule has 3 rings (SSSR count). The summed E-state index contributed by atoms with van der Waals surface area (Å²) in [6.07, 6.45) is 1.69. The predicted molar refractivity (Wildman–Crippen MR) is 98.8 cm³/mol. The van der Waals surface area contributed by atoms with Crippen LogP contribution in [0.4, 0.5) is 0 Å². The van der Waals surface area contributed by atoms with Gasteiger partial charge in [-0.3, -0.25) is 4.79 Å². The van der Waals surface area contributed by atoms with Crippen LogP contribution in [0.15, 0.2) is 71.7 Å². The second kappa shape index (κ2) is 6.91. The van der Waals surface area contributed by atoms with E-state index in [0.717, 1.165) is 10.0 Å². The largest absolute Gasteiger partial charge is 0.370 e. The second-order valence-corrected chi connectivity index (χ2v) is 7.23. The van der Waals surface area contributed by atoms with E-state index in [-0.39, 0.29) is 23.5 Å². The van der Waals surface area contributed by atoms with Gasteiger partial charge in [0, 0.05) is 15.5 Å². The van der Waals surface area contributed by atoms with Crippen molar-refractivity contribution in [1.82, 2.24) is 5.32 Å². The first-order valence-corrected chi connectivity index (χ1v) is 8.69. The molecule has 4 heteroatoms. The topological polar surface area (TPSA) is 38.3 Å². The molecule has 24 heavy (non-hydrogen) atoms. The number of halogens is 1. The molecule has 1 saturated heterocycles. The molecule has 0 unspecified atom stereocenters. The van der Waals surface area contributed by atoms with Crippen LogP contribution in [-0.4, -0.2) is 18.6 Å². The van der Waals surface area contributed by atoms with Crippen LogP contribution in [0.3, 0.4) is 0 Å². The molecule has 2 aromatic rings. The first-order valence-electron chi connectivity index (χ1n) is 7.90. The highest BCUT2D eigenvalue weighted by atomic mass is 79.9. The van der Waals surface area contributed by atoms with Crippen molar-refractivity contribution >= 4 is 21.8 Å². The number of amides is 1. The zero-order valence-electron chi connectivity index (χ0n) is 13.5. The molecule has 1 fully saturated rings. The average Bonchev–Trinajstić information content (AvgIpc) is 2.94. The molecule has 0 bridgehead atoms. The van der Waals surface area contributed by atoms with Gasteiger partial charge in [-0.2, -0.15) is 0 Å². The van der Waals surface area contributed by atoms with E-state index in [1.54, 1.807) is 12.1 Å². The summed E-state index contributed by atoms with van der Waals surface area (Å²) in [5.74, 6) is -0.105. The van der Waals surface area contributed by atoms with E-state index in [1.165, 1.54) is 0 Å². The molecular weight excluding hydrogens is 366 g/mol. The minimum Gasteiger partial charge on any atom is -0.370 e. The number of hydrogen-bond donors (Lipinski definition) is 1. The van der Waals surface area contributed by atoms with E-state index >= 15 is 0 Å². The summed E-state index contributed by atoms with van der Waals surface area (Å²) in [6, 6.07) is 17.1. The standard InChI is InChI=1S/C20H20BrNO2/c1-3-20(2)13-24-17(14-7-5-4-6-8-14)18(20)22-19(23)15-9-11-16(21)12-10-15/h3-12,17-18H,1,13H2,2H3,(H,22,23)/t17-,18-,20+/m1/s1. The van der Waals surface area contributed by atoms with Crippen molar-refractivity contribution in [3.8, 4) is 0 Å². The molecule has 0 aromatic heterocycles. The Hall–Kier alpha value is -1.91. The summed E-state index contributed by atoms with van der Waals surface area (Å²) in [6.45, 7) is 6.54. The van der Waals surface area contributed by atoms with Gasteiger partial charge in [0.15, 0.2) is 0 Å². The lowest BCUT2D eigenvalue weighted by atomic mass is 9.81. The monoisotopic (exact) mass is 385 g/mol. The van der Waals surface area contributed by atoms with Gasteiger partial charge in [0.25, 0.3) is 5.91 Å². The van der Waals surface area contributed by atoms with E-state index in [0.29, 0.717) is 12.2 Å². The number of ether oxygens (including phenoxy) is 1. The lowest BCUT2D eigenvalue weighted by Crippen LogP contribution is -2.45. The lowest BCUT2D eigenvalue weighted by Gasteiger charge is -2.30. The maximum atomic E-state index is 12.7. The molecule has 3 nitrogen and oxygen atoms in total. The zero-order valence-corrected chi connectivity index (χ0v) is 15.1. The first-order chi connectivity index (χ1) is 11.5. The normalized spacial score (nSPS) is 26.1. The van der Waals surface area contributed by atoms with Crippen LogP contribution in [-0.2, 0) is 4.74 Å². The molecule has 1 heterocycles. The maximum Gasteiger partial charge on any atom is 0.251 e. The minimum atomic E-state index is -0.314. The Kier molecular flexibility index (Phi) is 4.88. The Labute approximate surface area is 150 Å². The SMILES string of the molecule is C=C[C@@]1(C)CO[C@H](c2ccccc2)[C@H]1NC(=O)c1ccc(Br)cc1. The van der Waals surface area contributed by atoms with Gasteiger partial charge in [0.05, 0.1) is 12.6 Å². The highest BCUT2D eigenvalue weighted by Crippen LogP contribution is 2.41. The summed E-state index contributed by atoms with van der Waals surface area (Å²) in [5, 5.41) is 3.15. The van der Waals surface area contributed by atoms with Crippen LogP contribution in [0.1, 0.15) is 28.9 Å². The molecule has 0 spiro atoms. The molecule has 1 N–H and O–H groups in total. The number of carbonyl (C=O) groups excluding carboxylic acids is 1. The van der Waals surface area contributed by atoms with Crippen molar-refractivity contribution < 1.29 is 9.53 Å². The average molecular weight is 386 g/mol. The third-order valence-electron chi connectivity index (χ3n) is 4.57. The van der Waals surface area contributed by atoms with Gasteiger partial charge in [-0.25, -0.2) is 0 Å². The second-order valence-electron chi connectivity index (χ2n) is 6.31. The Bertz CT molecular complexity index is 729. The minimum absolute atomic E-state index is 0.105. The van der Waals surface area contributed by atoms with E-state index in [9.17, 15) is 4.79 Å². The van der Waals surface area contributed by atoms with Crippen LogP contribution in [0, 0.1) is 5.41 Å². The summed E-state index contributed by atoms with van der Waals surface area (Å²) >= 11 is 3.39. The molecule has 2 aromatic carbocycles. The molecule has 1 amide bonds. The smallest absolute Gasteiger partial charge is 0.251 e. The highest BCUT2D eigenvalue weighted by Gasteiger charge is 2.46. The van der Waals surface area contributed by atoms with Crippen LogP contribution >= 0.6 is 15.9 Å². The molecule has 124 valence electrons. The summed E-state index contributed by atoms with van der Waals surface area (Å²) in [5.41, 5.74) is 1.37.